The minimum Gasteiger partial charge on any atom is -0.494 e. The van der Waals surface area contributed by atoms with Gasteiger partial charge in [0.1, 0.15) is 16.4 Å². The van der Waals surface area contributed by atoms with Crippen molar-refractivity contribution in [3.8, 4) is 17.1 Å². The van der Waals surface area contributed by atoms with Crippen LogP contribution in [0.15, 0.2) is 59.4 Å². The molecule has 4 nitrogen and oxygen atoms in total. The van der Waals surface area contributed by atoms with Crippen LogP contribution in [0.1, 0.15) is 35.3 Å². The van der Waals surface area contributed by atoms with Gasteiger partial charge in [0.05, 0.1) is 12.0 Å². The predicted molar refractivity (Wildman–Crippen MR) is 127 cm³/mol. The van der Waals surface area contributed by atoms with Crippen molar-refractivity contribution in [2.24, 2.45) is 0 Å². The molecule has 0 bridgehead atoms. The number of fused-ring (bicyclic) bond motifs is 3. The zero-order valence-corrected chi connectivity index (χ0v) is 18.6. The highest BCUT2D eigenvalue weighted by atomic mass is 32.1. The normalized spacial score (nSPS) is 13.3. The SMILES string of the molecule is Cc1cccc(OCCCn2c(-c3ccccc3)nc3sc4c(c3c2=O)CCCC4)c1. The van der Waals surface area contributed by atoms with Crippen LogP contribution in [0.25, 0.3) is 21.6 Å². The second-order valence-electron chi connectivity index (χ2n) is 8.17. The van der Waals surface area contributed by atoms with Gasteiger partial charge < -0.3 is 4.74 Å². The van der Waals surface area contributed by atoms with Crippen LogP contribution in [-0.2, 0) is 19.4 Å². The standard InChI is InChI=1S/C26H26N2O2S/c1-18-9-7-12-20(17-18)30-16-8-15-28-24(19-10-3-2-4-11-19)27-25-23(26(28)29)21-13-5-6-14-22(21)31-25/h2-4,7,9-12,17H,5-6,8,13-16H2,1H3. The number of hydrogen-bond donors (Lipinski definition) is 0. The Morgan fingerprint density at radius 3 is 2.74 bits per heavy atom. The fourth-order valence-corrected chi connectivity index (χ4v) is 5.62. The third-order valence-electron chi connectivity index (χ3n) is 5.89. The van der Waals surface area contributed by atoms with Gasteiger partial charge in [0.15, 0.2) is 0 Å². The number of benzene rings is 2. The van der Waals surface area contributed by atoms with E-state index in [-0.39, 0.29) is 5.56 Å². The van der Waals surface area contributed by atoms with Crippen LogP contribution in [-0.4, -0.2) is 16.2 Å². The lowest BCUT2D eigenvalue weighted by molar-refractivity contribution is 0.301. The lowest BCUT2D eigenvalue weighted by Crippen LogP contribution is -2.25. The van der Waals surface area contributed by atoms with Gasteiger partial charge in [0.2, 0.25) is 0 Å². The second kappa shape index (κ2) is 8.67. The molecule has 0 saturated heterocycles. The first-order chi connectivity index (χ1) is 15.2. The topological polar surface area (TPSA) is 44.1 Å². The summed E-state index contributed by atoms with van der Waals surface area (Å²) >= 11 is 1.71. The van der Waals surface area contributed by atoms with E-state index >= 15 is 0 Å². The van der Waals surface area contributed by atoms with Gasteiger partial charge in [-0.3, -0.25) is 9.36 Å². The van der Waals surface area contributed by atoms with E-state index in [9.17, 15) is 4.79 Å². The molecule has 0 saturated carbocycles. The van der Waals surface area contributed by atoms with Gasteiger partial charge in [-0.15, -0.1) is 11.3 Å². The predicted octanol–water partition coefficient (Wildman–Crippen LogP) is 5.78. The molecule has 0 amide bonds. The Labute approximate surface area is 186 Å². The summed E-state index contributed by atoms with van der Waals surface area (Å²) in [4.78, 5) is 20.9. The molecular weight excluding hydrogens is 404 g/mol. The third kappa shape index (κ3) is 4.02. The van der Waals surface area contributed by atoms with Gasteiger partial charge in [-0.2, -0.15) is 0 Å². The summed E-state index contributed by atoms with van der Waals surface area (Å²) in [5, 5.41) is 0.846. The Morgan fingerprint density at radius 1 is 1.06 bits per heavy atom. The first-order valence-corrected chi connectivity index (χ1v) is 11.8. The average molecular weight is 431 g/mol. The Bertz CT molecular complexity index is 1270. The molecule has 2 aromatic heterocycles. The number of aromatic nitrogens is 2. The highest BCUT2D eigenvalue weighted by Crippen LogP contribution is 2.34. The molecule has 0 atom stereocenters. The lowest BCUT2D eigenvalue weighted by Gasteiger charge is -2.14. The van der Waals surface area contributed by atoms with Crippen molar-refractivity contribution in [2.75, 3.05) is 6.61 Å². The molecule has 2 aromatic carbocycles. The lowest BCUT2D eigenvalue weighted by atomic mass is 9.97. The summed E-state index contributed by atoms with van der Waals surface area (Å²) in [7, 11) is 0. The molecule has 0 spiro atoms. The van der Waals surface area contributed by atoms with E-state index in [1.807, 2.05) is 53.1 Å². The van der Waals surface area contributed by atoms with Crippen molar-refractivity contribution in [1.29, 1.82) is 0 Å². The van der Waals surface area contributed by atoms with Crippen LogP contribution < -0.4 is 10.3 Å². The molecule has 2 heterocycles. The first kappa shape index (κ1) is 20.0. The quantitative estimate of drug-likeness (QED) is 0.364. The van der Waals surface area contributed by atoms with Gasteiger partial charge in [0, 0.05) is 17.0 Å². The maximum absolute atomic E-state index is 13.7. The Kier molecular flexibility index (Phi) is 5.60. The summed E-state index contributed by atoms with van der Waals surface area (Å²) in [6.07, 6.45) is 5.17. The first-order valence-electron chi connectivity index (χ1n) is 11.0. The van der Waals surface area contributed by atoms with Crippen molar-refractivity contribution in [1.82, 2.24) is 9.55 Å². The number of rotatable bonds is 6. The van der Waals surface area contributed by atoms with Crippen LogP contribution in [0.5, 0.6) is 5.75 Å². The highest BCUT2D eigenvalue weighted by molar-refractivity contribution is 7.18. The molecule has 0 aliphatic heterocycles. The summed E-state index contributed by atoms with van der Waals surface area (Å²) in [5.74, 6) is 1.63. The van der Waals surface area contributed by atoms with Gasteiger partial charge in [-0.1, -0.05) is 42.5 Å². The van der Waals surface area contributed by atoms with E-state index < -0.39 is 0 Å². The molecule has 1 aliphatic rings. The van der Waals surface area contributed by atoms with Crippen molar-refractivity contribution in [3.63, 3.8) is 0 Å². The molecule has 31 heavy (non-hydrogen) atoms. The number of aryl methyl sites for hydroxylation is 3. The van der Waals surface area contributed by atoms with E-state index in [2.05, 4.69) is 13.0 Å². The van der Waals surface area contributed by atoms with Crippen LogP contribution in [0.3, 0.4) is 0 Å². The van der Waals surface area contributed by atoms with E-state index in [0.717, 1.165) is 53.0 Å². The van der Waals surface area contributed by atoms with Gasteiger partial charge >= 0.3 is 0 Å². The fraction of sp³-hybridized carbons (Fsp3) is 0.308. The minimum absolute atomic E-state index is 0.0961. The number of nitrogens with zero attached hydrogens (tertiary/aromatic N) is 2. The molecule has 0 radical (unpaired) electrons. The van der Waals surface area contributed by atoms with E-state index in [0.29, 0.717) is 13.2 Å². The maximum atomic E-state index is 13.7. The van der Waals surface area contributed by atoms with Crippen LogP contribution in [0.4, 0.5) is 0 Å². The second-order valence-corrected chi connectivity index (χ2v) is 9.25. The number of ether oxygens (including phenoxy) is 1. The van der Waals surface area contributed by atoms with E-state index in [1.165, 1.54) is 22.4 Å². The molecule has 5 rings (SSSR count). The molecule has 4 aromatic rings. The van der Waals surface area contributed by atoms with Crippen molar-refractivity contribution in [3.05, 3.63) is 81.0 Å². The van der Waals surface area contributed by atoms with Crippen LogP contribution in [0.2, 0.25) is 0 Å². The minimum atomic E-state index is 0.0961. The van der Waals surface area contributed by atoms with Gasteiger partial charge in [-0.25, -0.2) is 4.98 Å². The van der Waals surface area contributed by atoms with Crippen molar-refractivity contribution in [2.45, 2.75) is 45.6 Å². The van der Waals surface area contributed by atoms with Crippen molar-refractivity contribution >= 4 is 21.6 Å². The highest BCUT2D eigenvalue weighted by Gasteiger charge is 2.22. The zero-order valence-electron chi connectivity index (χ0n) is 17.8. The number of thiophene rings is 1. The van der Waals surface area contributed by atoms with E-state index in [4.69, 9.17) is 9.72 Å². The largest absolute Gasteiger partial charge is 0.494 e. The molecule has 1 aliphatic carbocycles. The Balaban J connectivity index is 1.48. The summed E-state index contributed by atoms with van der Waals surface area (Å²) in [6, 6.07) is 18.1. The van der Waals surface area contributed by atoms with E-state index in [1.54, 1.807) is 11.3 Å². The smallest absolute Gasteiger partial charge is 0.262 e. The third-order valence-corrected chi connectivity index (χ3v) is 7.08. The van der Waals surface area contributed by atoms with Crippen LogP contribution >= 0.6 is 11.3 Å². The van der Waals surface area contributed by atoms with Gasteiger partial charge in [-0.05, 0) is 62.3 Å². The monoisotopic (exact) mass is 430 g/mol. The maximum Gasteiger partial charge on any atom is 0.262 e. The fourth-order valence-electron chi connectivity index (χ4n) is 4.37. The molecule has 158 valence electrons. The average Bonchev–Trinajstić information content (AvgIpc) is 3.17. The molecule has 0 unspecified atom stereocenters. The Morgan fingerprint density at radius 2 is 1.90 bits per heavy atom. The number of hydrogen-bond acceptors (Lipinski definition) is 4. The van der Waals surface area contributed by atoms with Crippen molar-refractivity contribution < 1.29 is 4.74 Å². The molecule has 0 N–H and O–H groups in total. The summed E-state index contributed by atoms with van der Waals surface area (Å²) in [6.45, 7) is 3.20. The summed E-state index contributed by atoms with van der Waals surface area (Å²) < 4.78 is 7.78. The molecule has 5 heteroatoms. The Hall–Kier alpha value is -2.92. The zero-order chi connectivity index (χ0) is 21.2. The molecule has 0 fully saturated rings. The molecular formula is C26H26N2O2S. The summed E-state index contributed by atoms with van der Waals surface area (Å²) in [5.41, 5.74) is 3.50. The van der Waals surface area contributed by atoms with Crippen LogP contribution in [0, 0.1) is 6.92 Å². The van der Waals surface area contributed by atoms with Gasteiger partial charge in [0.25, 0.3) is 5.56 Å².